The number of aryl methyl sites for hydroxylation is 1. The highest BCUT2D eigenvalue weighted by molar-refractivity contribution is 5.88. The van der Waals surface area contributed by atoms with Gasteiger partial charge in [-0.2, -0.15) is 5.10 Å². The Labute approximate surface area is 123 Å². The van der Waals surface area contributed by atoms with E-state index in [1.165, 1.54) is 4.68 Å². The van der Waals surface area contributed by atoms with Crippen LogP contribution in [0.5, 0.6) is 0 Å². The van der Waals surface area contributed by atoms with E-state index in [1.807, 2.05) is 73.7 Å². The number of aromatic nitrogens is 2. The molecular formula is C18H16N2O. The van der Waals surface area contributed by atoms with E-state index in [4.69, 9.17) is 0 Å². The Morgan fingerprint density at radius 1 is 0.905 bits per heavy atom. The van der Waals surface area contributed by atoms with Crippen LogP contribution < -0.4 is 0 Å². The average Bonchev–Trinajstić information content (AvgIpc) is 2.96. The Kier molecular flexibility index (Phi) is 3.65. The lowest BCUT2D eigenvalue weighted by Gasteiger charge is -2.16. The van der Waals surface area contributed by atoms with Crippen LogP contribution in [0.15, 0.2) is 72.9 Å². The highest BCUT2D eigenvalue weighted by Crippen LogP contribution is 2.26. The maximum atomic E-state index is 12.9. The lowest BCUT2D eigenvalue weighted by atomic mass is 9.90. The van der Waals surface area contributed by atoms with Gasteiger partial charge >= 0.3 is 0 Å². The van der Waals surface area contributed by atoms with Crippen molar-refractivity contribution >= 4 is 5.91 Å². The summed E-state index contributed by atoms with van der Waals surface area (Å²) in [6.45, 7) is 1.88. The Morgan fingerprint density at radius 3 is 1.86 bits per heavy atom. The van der Waals surface area contributed by atoms with Crippen molar-refractivity contribution in [2.45, 2.75) is 12.8 Å². The molecule has 3 nitrogen and oxygen atoms in total. The van der Waals surface area contributed by atoms with Gasteiger partial charge in [-0.15, -0.1) is 0 Å². The molecule has 2 aromatic carbocycles. The van der Waals surface area contributed by atoms with Gasteiger partial charge in [0.25, 0.3) is 5.91 Å². The predicted octanol–water partition coefficient (Wildman–Crippen LogP) is 3.66. The van der Waals surface area contributed by atoms with Crippen LogP contribution in [0.25, 0.3) is 0 Å². The predicted molar refractivity (Wildman–Crippen MR) is 82.3 cm³/mol. The molecule has 0 aliphatic heterocycles. The van der Waals surface area contributed by atoms with Gasteiger partial charge in [0.2, 0.25) is 0 Å². The molecule has 0 fully saturated rings. The number of benzene rings is 2. The number of hydrogen-bond donors (Lipinski definition) is 0. The van der Waals surface area contributed by atoms with Crippen molar-refractivity contribution in [2.75, 3.05) is 0 Å². The zero-order chi connectivity index (χ0) is 14.7. The van der Waals surface area contributed by atoms with Crippen LogP contribution in [0, 0.1) is 6.92 Å². The third kappa shape index (κ3) is 2.77. The minimum absolute atomic E-state index is 0.0412. The standard InChI is InChI=1S/C18H16N2O/c1-14-12-13-20(19-14)18(21)17(15-8-4-2-5-9-15)16-10-6-3-7-11-16/h2-13,17H,1H3. The zero-order valence-electron chi connectivity index (χ0n) is 11.8. The van der Waals surface area contributed by atoms with Crippen molar-refractivity contribution in [3.63, 3.8) is 0 Å². The quantitative estimate of drug-likeness (QED) is 0.731. The summed E-state index contributed by atoms with van der Waals surface area (Å²) >= 11 is 0. The first-order valence-electron chi connectivity index (χ1n) is 6.92. The molecular weight excluding hydrogens is 260 g/mol. The highest BCUT2D eigenvalue weighted by Gasteiger charge is 2.24. The summed E-state index contributed by atoms with van der Waals surface area (Å²) in [6, 6.07) is 21.5. The largest absolute Gasteiger partial charge is 0.271 e. The molecule has 0 spiro atoms. The van der Waals surface area contributed by atoms with Gasteiger partial charge < -0.3 is 0 Å². The summed E-state index contributed by atoms with van der Waals surface area (Å²) < 4.78 is 1.43. The van der Waals surface area contributed by atoms with Crippen LogP contribution in [0.2, 0.25) is 0 Å². The molecule has 104 valence electrons. The Bertz CT molecular complexity index is 693. The molecule has 0 N–H and O–H groups in total. The molecule has 0 unspecified atom stereocenters. The molecule has 3 aromatic rings. The molecule has 21 heavy (non-hydrogen) atoms. The van der Waals surface area contributed by atoms with E-state index in [0.29, 0.717) is 0 Å². The first-order chi connectivity index (χ1) is 10.3. The summed E-state index contributed by atoms with van der Waals surface area (Å²) in [5.74, 6) is -0.382. The van der Waals surface area contributed by atoms with Crippen molar-refractivity contribution in [1.82, 2.24) is 9.78 Å². The second kappa shape index (κ2) is 5.75. The Morgan fingerprint density at radius 2 is 1.43 bits per heavy atom. The van der Waals surface area contributed by atoms with Gasteiger partial charge in [0.05, 0.1) is 11.6 Å². The number of rotatable bonds is 3. The highest BCUT2D eigenvalue weighted by atomic mass is 16.2. The maximum absolute atomic E-state index is 12.9. The van der Waals surface area contributed by atoms with Crippen LogP contribution in [-0.2, 0) is 0 Å². The molecule has 3 heteroatoms. The van der Waals surface area contributed by atoms with Crippen molar-refractivity contribution < 1.29 is 4.79 Å². The molecule has 0 aliphatic rings. The third-order valence-electron chi connectivity index (χ3n) is 3.46. The third-order valence-corrected chi connectivity index (χ3v) is 3.46. The van der Waals surface area contributed by atoms with Gasteiger partial charge in [-0.05, 0) is 24.1 Å². The lowest BCUT2D eigenvalue weighted by molar-refractivity contribution is 0.0876. The van der Waals surface area contributed by atoms with Gasteiger partial charge in [-0.3, -0.25) is 4.79 Å². The monoisotopic (exact) mass is 276 g/mol. The average molecular weight is 276 g/mol. The normalized spacial score (nSPS) is 10.8. The number of carbonyl (C=O) groups is 1. The van der Waals surface area contributed by atoms with Gasteiger partial charge in [0.1, 0.15) is 0 Å². The minimum atomic E-state index is -0.341. The molecule has 1 heterocycles. The second-order valence-corrected chi connectivity index (χ2v) is 4.99. The van der Waals surface area contributed by atoms with Crippen LogP contribution >= 0.6 is 0 Å². The fourth-order valence-electron chi connectivity index (χ4n) is 2.44. The van der Waals surface area contributed by atoms with Crippen molar-refractivity contribution in [3.8, 4) is 0 Å². The molecule has 0 radical (unpaired) electrons. The second-order valence-electron chi connectivity index (χ2n) is 4.99. The topological polar surface area (TPSA) is 34.9 Å². The number of carbonyl (C=O) groups excluding carboxylic acids is 1. The van der Waals surface area contributed by atoms with E-state index in [0.717, 1.165) is 16.8 Å². The first-order valence-corrected chi connectivity index (χ1v) is 6.92. The van der Waals surface area contributed by atoms with Crippen LogP contribution in [0.3, 0.4) is 0 Å². The van der Waals surface area contributed by atoms with E-state index < -0.39 is 0 Å². The minimum Gasteiger partial charge on any atom is -0.271 e. The summed E-state index contributed by atoms with van der Waals surface area (Å²) in [5.41, 5.74) is 2.78. The van der Waals surface area contributed by atoms with E-state index >= 15 is 0 Å². The number of hydrogen-bond acceptors (Lipinski definition) is 2. The molecule has 3 rings (SSSR count). The van der Waals surface area contributed by atoms with Gasteiger partial charge in [-0.25, -0.2) is 4.68 Å². The van der Waals surface area contributed by atoms with Gasteiger partial charge in [-0.1, -0.05) is 60.7 Å². The van der Waals surface area contributed by atoms with Crippen LogP contribution in [0.4, 0.5) is 0 Å². The molecule has 0 amide bonds. The van der Waals surface area contributed by atoms with E-state index in [9.17, 15) is 4.79 Å². The summed E-state index contributed by atoms with van der Waals surface area (Å²) in [5, 5.41) is 4.25. The molecule has 0 bridgehead atoms. The lowest BCUT2D eigenvalue weighted by Crippen LogP contribution is -2.21. The first kappa shape index (κ1) is 13.3. The van der Waals surface area contributed by atoms with E-state index in [-0.39, 0.29) is 11.8 Å². The van der Waals surface area contributed by atoms with Gasteiger partial charge in [0.15, 0.2) is 0 Å². The van der Waals surface area contributed by atoms with Crippen molar-refractivity contribution in [3.05, 3.63) is 89.7 Å². The Balaban J connectivity index is 2.07. The number of nitrogens with zero attached hydrogens (tertiary/aromatic N) is 2. The zero-order valence-corrected chi connectivity index (χ0v) is 11.8. The SMILES string of the molecule is Cc1ccn(C(=O)C(c2ccccc2)c2ccccc2)n1. The summed E-state index contributed by atoms with van der Waals surface area (Å²) in [6.07, 6.45) is 1.72. The van der Waals surface area contributed by atoms with Crippen molar-refractivity contribution in [1.29, 1.82) is 0 Å². The van der Waals surface area contributed by atoms with Crippen molar-refractivity contribution in [2.24, 2.45) is 0 Å². The summed E-state index contributed by atoms with van der Waals surface area (Å²) in [7, 11) is 0. The molecule has 0 saturated carbocycles. The van der Waals surface area contributed by atoms with Crippen LogP contribution in [0.1, 0.15) is 27.5 Å². The fourth-order valence-corrected chi connectivity index (χ4v) is 2.44. The van der Waals surface area contributed by atoms with Gasteiger partial charge in [0, 0.05) is 6.20 Å². The summed E-state index contributed by atoms with van der Waals surface area (Å²) in [4.78, 5) is 12.9. The van der Waals surface area contributed by atoms with E-state index in [1.54, 1.807) is 6.20 Å². The maximum Gasteiger partial charge on any atom is 0.258 e. The molecule has 0 atom stereocenters. The smallest absolute Gasteiger partial charge is 0.258 e. The molecule has 0 aliphatic carbocycles. The molecule has 1 aromatic heterocycles. The Hall–Kier alpha value is -2.68. The molecule has 0 saturated heterocycles. The fraction of sp³-hybridized carbons (Fsp3) is 0.111. The van der Waals surface area contributed by atoms with E-state index in [2.05, 4.69) is 5.10 Å². The van der Waals surface area contributed by atoms with Crippen LogP contribution in [-0.4, -0.2) is 15.7 Å².